The minimum Gasteiger partial charge on any atom is -0.330 e. The number of hydrogen-bond acceptors (Lipinski definition) is 3. The molecule has 1 aromatic carbocycles. The lowest BCUT2D eigenvalue weighted by Crippen LogP contribution is -2.26. The molecule has 3 heteroatoms. The van der Waals surface area contributed by atoms with Gasteiger partial charge in [-0.1, -0.05) is 45.0 Å². The van der Waals surface area contributed by atoms with Gasteiger partial charge in [0.1, 0.15) is 5.82 Å². The highest BCUT2D eigenvalue weighted by Gasteiger charge is 2.18. The van der Waals surface area contributed by atoms with E-state index in [2.05, 4.69) is 55.0 Å². The van der Waals surface area contributed by atoms with E-state index in [1.165, 1.54) is 5.56 Å². The summed E-state index contributed by atoms with van der Waals surface area (Å²) in [6.45, 7) is 7.07. The Morgan fingerprint density at radius 3 is 2.40 bits per heavy atom. The van der Waals surface area contributed by atoms with Crippen LogP contribution in [0.3, 0.4) is 0 Å². The fraction of sp³-hybridized carbons (Fsp3) is 0.412. The third-order valence-corrected chi connectivity index (χ3v) is 3.55. The molecule has 0 radical (unpaired) electrons. The summed E-state index contributed by atoms with van der Waals surface area (Å²) in [4.78, 5) is 9.03. The van der Waals surface area contributed by atoms with Crippen LogP contribution in [0.2, 0.25) is 0 Å². The highest BCUT2D eigenvalue weighted by atomic mass is 14.9. The SMILES string of the molecule is CCc1ccc(-c2ccnc(CC(C)(C)CN)n2)cc1. The number of nitrogens with zero attached hydrogens (tertiary/aromatic N) is 2. The first-order valence-corrected chi connectivity index (χ1v) is 7.15. The molecule has 0 spiro atoms. The maximum Gasteiger partial charge on any atom is 0.129 e. The Kier molecular flexibility index (Phi) is 4.50. The summed E-state index contributed by atoms with van der Waals surface area (Å²) in [7, 11) is 0. The third-order valence-electron chi connectivity index (χ3n) is 3.55. The van der Waals surface area contributed by atoms with Crippen molar-refractivity contribution in [2.75, 3.05) is 6.54 Å². The van der Waals surface area contributed by atoms with Crippen LogP contribution in [0.5, 0.6) is 0 Å². The van der Waals surface area contributed by atoms with Crippen LogP contribution in [-0.4, -0.2) is 16.5 Å². The molecular weight excluding hydrogens is 246 g/mol. The standard InChI is InChI=1S/C17H23N3/c1-4-13-5-7-14(8-6-13)15-9-10-19-16(20-15)11-17(2,3)12-18/h5-10H,4,11-12,18H2,1-3H3. The smallest absolute Gasteiger partial charge is 0.129 e. The summed E-state index contributed by atoms with van der Waals surface area (Å²) in [6, 6.07) is 10.5. The molecule has 0 aliphatic rings. The molecule has 0 aliphatic heterocycles. The fourth-order valence-electron chi connectivity index (χ4n) is 2.06. The normalized spacial score (nSPS) is 11.6. The van der Waals surface area contributed by atoms with Crippen LogP contribution in [0, 0.1) is 5.41 Å². The van der Waals surface area contributed by atoms with Gasteiger partial charge < -0.3 is 5.73 Å². The van der Waals surface area contributed by atoms with Crippen molar-refractivity contribution in [2.45, 2.75) is 33.6 Å². The van der Waals surface area contributed by atoms with Crippen molar-refractivity contribution >= 4 is 0 Å². The van der Waals surface area contributed by atoms with Crippen molar-refractivity contribution in [1.82, 2.24) is 9.97 Å². The van der Waals surface area contributed by atoms with Crippen LogP contribution in [0.4, 0.5) is 0 Å². The zero-order valence-electron chi connectivity index (χ0n) is 12.6. The van der Waals surface area contributed by atoms with E-state index in [-0.39, 0.29) is 5.41 Å². The van der Waals surface area contributed by atoms with Gasteiger partial charge in [-0.3, -0.25) is 0 Å². The van der Waals surface area contributed by atoms with Gasteiger partial charge in [-0.15, -0.1) is 0 Å². The second kappa shape index (κ2) is 6.14. The highest BCUT2D eigenvalue weighted by Crippen LogP contribution is 2.21. The van der Waals surface area contributed by atoms with Crippen LogP contribution in [0.25, 0.3) is 11.3 Å². The van der Waals surface area contributed by atoms with E-state index in [9.17, 15) is 0 Å². The Morgan fingerprint density at radius 2 is 1.80 bits per heavy atom. The monoisotopic (exact) mass is 269 g/mol. The number of aromatic nitrogens is 2. The van der Waals surface area contributed by atoms with E-state index in [0.717, 1.165) is 29.9 Å². The molecule has 1 heterocycles. The lowest BCUT2D eigenvalue weighted by atomic mass is 9.89. The van der Waals surface area contributed by atoms with Crippen LogP contribution in [-0.2, 0) is 12.8 Å². The average Bonchev–Trinajstić information content (AvgIpc) is 2.47. The van der Waals surface area contributed by atoms with Gasteiger partial charge in [-0.2, -0.15) is 0 Å². The van der Waals surface area contributed by atoms with Crippen molar-refractivity contribution in [3.63, 3.8) is 0 Å². The zero-order chi connectivity index (χ0) is 14.6. The van der Waals surface area contributed by atoms with Crippen molar-refractivity contribution in [3.8, 4) is 11.3 Å². The average molecular weight is 269 g/mol. The Balaban J connectivity index is 2.24. The van der Waals surface area contributed by atoms with E-state index in [4.69, 9.17) is 5.73 Å². The summed E-state index contributed by atoms with van der Waals surface area (Å²) in [5.41, 5.74) is 9.27. The predicted octanol–water partition coefficient (Wildman–Crippen LogP) is 3.23. The molecule has 1 aromatic heterocycles. The summed E-state index contributed by atoms with van der Waals surface area (Å²) < 4.78 is 0. The van der Waals surface area contributed by atoms with E-state index in [1.54, 1.807) is 0 Å². The molecular formula is C17H23N3. The number of benzene rings is 1. The van der Waals surface area contributed by atoms with Crippen molar-refractivity contribution in [1.29, 1.82) is 0 Å². The van der Waals surface area contributed by atoms with E-state index < -0.39 is 0 Å². The molecule has 0 amide bonds. The number of nitrogens with two attached hydrogens (primary N) is 1. The molecule has 0 aliphatic carbocycles. The van der Waals surface area contributed by atoms with Crippen molar-refractivity contribution in [2.24, 2.45) is 11.1 Å². The van der Waals surface area contributed by atoms with Gasteiger partial charge in [0.2, 0.25) is 0 Å². The Bertz CT molecular complexity index is 559. The minimum atomic E-state index is 0.0324. The maximum absolute atomic E-state index is 5.78. The first-order chi connectivity index (χ1) is 9.54. The van der Waals surface area contributed by atoms with E-state index >= 15 is 0 Å². The maximum atomic E-state index is 5.78. The summed E-state index contributed by atoms with van der Waals surface area (Å²) in [5.74, 6) is 0.859. The Morgan fingerprint density at radius 1 is 1.10 bits per heavy atom. The predicted molar refractivity (Wildman–Crippen MR) is 83.4 cm³/mol. The Labute approximate surface area is 121 Å². The molecule has 0 atom stereocenters. The molecule has 0 saturated heterocycles. The Hall–Kier alpha value is -1.74. The zero-order valence-corrected chi connectivity index (χ0v) is 12.6. The topological polar surface area (TPSA) is 51.8 Å². The molecule has 2 rings (SSSR count). The first-order valence-electron chi connectivity index (χ1n) is 7.15. The number of aryl methyl sites for hydroxylation is 1. The van der Waals surface area contributed by atoms with Gasteiger partial charge in [0.25, 0.3) is 0 Å². The molecule has 3 nitrogen and oxygen atoms in total. The van der Waals surface area contributed by atoms with Crippen LogP contribution >= 0.6 is 0 Å². The molecule has 0 unspecified atom stereocenters. The van der Waals surface area contributed by atoms with Crippen LogP contribution in [0.15, 0.2) is 36.5 Å². The quantitative estimate of drug-likeness (QED) is 0.906. The second-order valence-corrected chi connectivity index (χ2v) is 5.95. The van der Waals surface area contributed by atoms with Crippen LogP contribution < -0.4 is 5.73 Å². The lowest BCUT2D eigenvalue weighted by Gasteiger charge is -2.21. The molecule has 0 fully saturated rings. The molecule has 2 N–H and O–H groups in total. The molecule has 0 bridgehead atoms. The minimum absolute atomic E-state index is 0.0324. The van der Waals surface area contributed by atoms with Gasteiger partial charge in [0, 0.05) is 18.2 Å². The first kappa shape index (κ1) is 14.7. The van der Waals surface area contributed by atoms with E-state index in [1.807, 2.05) is 12.3 Å². The van der Waals surface area contributed by atoms with E-state index in [0.29, 0.717) is 6.54 Å². The summed E-state index contributed by atoms with van der Waals surface area (Å²) in [5, 5.41) is 0. The van der Waals surface area contributed by atoms with Crippen LogP contribution in [0.1, 0.15) is 32.2 Å². The largest absolute Gasteiger partial charge is 0.330 e. The highest BCUT2D eigenvalue weighted by molar-refractivity contribution is 5.59. The van der Waals surface area contributed by atoms with Crippen molar-refractivity contribution in [3.05, 3.63) is 47.9 Å². The summed E-state index contributed by atoms with van der Waals surface area (Å²) >= 11 is 0. The third kappa shape index (κ3) is 3.64. The van der Waals surface area contributed by atoms with Gasteiger partial charge in [-0.05, 0) is 30.0 Å². The van der Waals surface area contributed by atoms with Gasteiger partial charge in [0.05, 0.1) is 5.69 Å². The van der Waals surface area contributed by atoms with Gasteiger partial charge in [0.15, 0.2) is 0 Å². The molecule has 0 saturated carbocycles. The lowest BCUT2D eigenvalue weighted by molar-refractivity contribution is 0.368. The van der Waals surface area contributed by atoms with Gasteiger partial charge in [-0.25, -0.2) is 9.97 Å². The number of rotatable bonds is 5. The second-order valence-electron chi connectivity index (χ2n) is 5.95. The number of hydrogen-bond donors (Lipinski definition) is 1. The van der Waals surface area contributed by atoms with Crippen molar-refractivity contribution < 1.29 is 0 Å². The molecule has 2 aromatic rings. The summed E-state index contributed by atoms with van der Waals surface area (Å²) in [6.07, 6.45) is 3.68. The van der Waals surface area contributed by atoms with Gasteiger partial charge >= 0.3 is 0 Å². The molecule has 106 valence electrons. The molecule has 20 heavy (non-hydrogen) atoms. The fourth-order valence-corrected chi connectivity index (χ4v) is 2.06.